The molecule has 1 aliphatic rings. The number of anilines is 1. The van der Waals surface area contributed by atoms with Gasteiger partial charge in [0.25, 0.3) is 0 Å². The minimum Gasteiger partial charge on any atom is -0.390 e. The van der Waals surface area contributed by atoms with Gasteiger partial charge in [-0.25, -0.2) is 4.98 Å². The maximum absolute atomic E-state index is 9.19. The van der Waals surface area contributed by atoms with Gasteiger partial charge in [0.15, 0.2) is 5.82 Å². The molecule has 4 nitrogen and oxygen atoms in total. The lowest BCUT2D eigenvalue weighted by Crippen LogP contribution is -2.17. The molecule has 1 saturated carbocycles. The number of hydrazone groups is 1. The number of unbranched alkanes of at least 4 members (excludes halogenated alkanes) is 2. The molecule has 0 bridgehead atoms. The zero-order valence-electron chi connectivity index (χ0n) is 13.0. The lowest BCUT2D eigenvalue weighted by atomic mass is 10.1. The first-order valence-corrected chi connectivity index (χ1v) is 8.45. The van der Waals surface area contributed by atoms with Crippen LogP contribution in [-0.4, -0.2) is 21.9 Å². The van der Waals surface area contributed by atoms with E-state index in [4.69, 9.17) is 0 Å². The van der Waals surface area contributed by atoms with E-state index in [9.17, 15) is 5.11 Å². The lowest BCUT2D eigenvalue weighted by Gasteiger charge is -2.12. The van der Waals surface area contributed by atoms with Crippen molar-refractivity contribution in [3.05, 3.63) is 22.8 Å². The fraction of sp³-hybridized carbons (Fsp3) is 0.625. The van der Waals surface area contributed by atoms with Crippen molar-refractivity contribution in [1.29, 1.82) is 0 Å². The van der Waals surface area contributed by atoms with Gasteiger partial charge in [-0.15, -0.1) is 0 Å². The predicted molar refractivity (Wildman–Crippen MR) is 92.7 cm³/mol. The summed E-state index contributed by atoms with van der Waals surface area (Å²) in [6.07, 6.45) is 11.4. The van der Waals surface area contributed by atoms with E-state index in [0.717, 1.165) is 29.6 Å². The Morgan fingerprint density at radius 1 is 1.48 bits per heavy atom. The van der Waals surface area contributed by atoms with Crippen LogP contribution in [0, 0.1) is 0 Å². The van der Waals surface area contributed by atoms with Crippen molar-refractivity contribution in [3.63, 3.8) is 0 Å². The zero-order chi connectivity index (χ0) is 15.6. The Kier molecular flexibility index (Phi) is 8.54. The van der Waals surface area contributed by atoms with E-state index in [1.54, 1.807) is 6.20 Å². The highest BCUT2D eigenvalue weighted by Crippen LogP contribution is 2.27. The number of aromatic nitrogens is 1. The average Bonchev–Trinajstić information content (AvgIpc) is 2.86. The summed E-state index contributed by atoms with van der Waals surface area (Å²) in [5, 5.41) is 13.3. The van der Waals surface area contributed by atoms with Crippen LogP contribution in [0.5, 0.6) is 0 Å². The molecule has 0 amide bonds. The fourth-order valence-electron chi connectivity index (χ4n) is 2.07. The molecule has 0 atom stereocenters. The van der Waals surface area contributed by atoms with E-state index in [1.165, 1.54) is 25.7 Å². The highest BCUT2D eigenvalue weighted by Gasteiger charge is 2.24. The van der Waals surface area contributed by atoms with Crippen LogP contribution in [0.3, 0.4) is 0 Å². The third-order valence-electron chi connectivity index (χ3n) is 3.39. The second-order valence-corrected chi connectivity index (χ2v) is 6.46. The van der Waals surface area contributed by atoms with E-state index in [0.29, 0.717) is 0 Å². The number of halogens is 1. The van der Waals surface area contributed by atoms with Crippen molar-refractivity contribution in [2.45, 2.75) is 64.4 Å². The third kappa shape index (κ3) is 8.17. The highest BCUT2D eigenvalue weighted by atomic mass is 79.9. The minimum absolute atomic E-state index is 0.306. The lowest BCUT2D eigenvalue weighted by molar-refractivity contribution is 0.0681. The van der Waals surface area contributed by atoms with Crippen molar-refractivity contribution in [2.24, 2.45) is 5.10 Å². The van der Waals surface area contributed by atoms with Crippen molar-refractivity contribution in [2.75, 3.05) is 5.43 Å². The summed E-state index contributed by atoms with van der Waals surface area (Å²) in [4.78, 5) is 4.12. The van der Waals surface area contributed by atoms with Crippen LogP contribution < -0.4 is 5.43 Å². The van der Waals surface area contributed by atoms with Gasteiger partial charge in [0, 0.05) is 12.4 Å². The Morgan fingerprint density at radius 3 is 2.71 bits per heavy atom. The van der Waals surface area contributed by atoms with E-state index in [2.05, 4.69) is 38.4 Å². The average molecular weight is 356 g/mol. The number of hydrogen-bond donors (Lipinski definition) is 2. The van der Waals surface area contributed by atoms with Gasteiger partial charge in [0.1, 0.15) is 0 Å². The van der Waals surface area contributed by atoms with Gasteiger partial charge in [-0.2, -0.15) is 5.10 Å². The maximum Gasteiger partial charge on any atom is 0.160 e. The van der Waals surface area contributed by atoms with Crippen LogP contribution >= 0.6 is 15.9 Å². The minimum atomic E-state index is -0.306. The molecule has 0 saturated heterocycles. The summed E-state index contributed by atoms with van der Waals surface area (Å²) in [5.41, 5.74) is 2.58. The van der Waals surface area contributed by atoms with Gasteiger partial charge < -0.3 is 5.11 Å². The number of hydrogen-bond acceptors (Lipinski definition) is 4. The summed E-state index contributed by atoms with van der Waals surface area (Å²) in [6.45, 7) is 4.08. The Labute approximate surface area is 136 Å². The molecule has 1 aromatic heterocycles. The second-order valence-electron chi connectivity index (χ2n) is 5.60. The maximum atomic E-state index is 9.19. The van der Waals surface area contributed by atoms with Crippen LogP contribution in [-0.2, 0) is 0 Å². The molecule has 0 spiro atoms. The molecule has 1 aromatic rings. The summed E-state index contributed by atoms with van der Waals surface area (Å²) in [5.74, 6) is 0.750. The van der Waals surface area contributed by atoms with Gasteiger partial charge in [0.2, 0.25) is 0 Å². The van der Waals surface area contributed by atoms with Crippen LogP contribution in [0.1, 0.15) is 58.8 Å². The van der Waals surface area contributed by atoms with Gasteiger partial charge in [-0.1, -0.05) is 26.2 Å². The van der Waals surface area contributed by atoms with Crippen molar-refractivity contribution in [3.8, 4) is 0 Å². The summed E-state index contributed by atoms with van der Waals surface area (Å²) in [6, 6.07) is 3.80. The van der Waals surface area contributed by atoms with E-state index < -0.39 is 0 Å². The molecule has 1 aliphatic carbocycles. The monoisotopic (exact) mass is 355 g/mol. The Hall–Kier alpha value is -0.940. The zero-order valence-corrected chi connectivity index (χ0v) is 14.6. The van der Waals surface area contributed by atoms with Crippen LogP contribution in [0.25, 0.3) is 0 Å². The number of aliphatic hydroxyl groups is 1. The predicted octanol–water partition coefficient (Wildman–Crippen LogP) is 4.74. The Bertz CT molecular complexity index is 427. The Balaban J connectivity index is 0.000000262. The molecular weight excluding hydrogens is 330 g/mol. The van der Waals surface area contributed by atoms with Crippen molar-refractivity contribution < 1.29 is 5.11 Å². The molecular formula is C16H26BrN3O. The molecule has 0 radical (unpaired) electrons. The fourth-order valence-corrected chi connectivity index (χ4v) is 2.42. The molecule has 0 aromatic carbocycles. The van der Waals surface area contributed by atoms with Crippen LogP contribution in [0.15, 0.2) is 27.9 Å². The SMILES string of the molecule is CC1(O)CCCC1.CCCC/C=N/Nc1ncccc1Br. The van der Waals surface area contributed by atoms with Crippen LogP contribution in [0.2, 0.25) is 0 Å². The smallest absolute Gasteiger partial charge is 0.160 e. The van der Waals surface area contributed by atoms with Gasteiger partial charge in [-0.05, 0) is 60.7 Å². The molecule has 118 valence electrons. The molecule has 2 N–H and O–H groups in total. The number of pyridine rings is 1. The molecule has 21 heavy (non-hydrogen) atoms. The standard InChI is InChI=1S/C10H14BrN3.C6H12O/c1-2-3-4-8-13-14-10-9(11)6-5-7-12-10;1-6(7)4-2-3-5-6/h5-8H,2-4H2,1H3,(H,12,14);7H,2-5H2,1H3/b13-8+;. The summed E-state index contributed by atoms with van der Waals surface area (Å²) >= 11 is 3.38. The topological polar surface area (TPSA) is 57.5 Å². The molecule has 5 heteroatoms. The summed E-state index contributed by atoms with van der Waals surface area (Å²) in [7, 11) is 0. The normalized spacial score (nSPS) is 16.6. The number of nitrogens with one attached hydrogen (secondary N) is 1. The van der Waals surface area contributed by atoms with E-state index in [1.807, 2.05) is 25.3 Å². The van der Waals surface area contributed by atoms with Gasteiger partial charge in [0.05, 0.1) is 10.1 Å². The first-order valence-electron chi connectivity index (χ1n) is 7.65. The number of nitrogens with zero attached hydrogens (tertiary/aromatic N) is 2. The molecule has 2 rings (SSSR count). The number of rotatable bonds is 5. The first-order chi connectivity index (χ1) is 10.0. The second kappa shape index (κ2) is 9.90. The summed E-state index contributed by atoms with van der Waals surface area (Å²) < 4.78 is 0.924. The van der Waals surface area contributed by atoms with Crippen LogP contribution in [0.4, 0.5) is 5.82 Å². The molecule has 0 aliphatic heterocycles. The van der Waals surface area contributed by atoms with Gasteiger partial charge in [-0.3, -0.25) is 5.43 Å². The quantitative estimate of drug-likeness (QED) is 0.455. The molecule has 1 fully saturated rings. The van der Waals surface area contributed by atoms with E-state index >= 15 is 0 Å². The van der Waals surface area contributed by atoms with E-state index in [-0.39, 0.29) is 5.60 Å². The van der Waals surface area contributed by atoms with Crippen molar-refractivity contribution >= 4 is 28.0 Å². The van der Waals surface area contributed by atoms with Crippen molar-refractivity contribution in [1.82, 2.24) is 4.98 Å². The third-order valence-corrected chi connectivity index (χ3v) is 4.03. The first kappa shape index (κ1) is 18.1. The largest absolute Gasteiger partial charge is 0.390 e. The molecule has 0 unspecified atom stereocenters. The Morgan fingerprint density at radius 2 is 2.19 bits per heavy atom. The highest BCUT2D eigenvalue weighted by molar-refractivity contribution is 9.10. The molecule has 1 heterocycles. The van der Waals surface area contributed by atoms with Gasteiger partial charge >= 0.3 is 0 Å².